The molecule has 7 nitrogen and oxygen atoms in total. The predicted octanol–water partition coefficient (Wildman–Crippen LogP) is 3.27. The van der Waals surface area contributed by atoms with Gasteiger partial charge in [-0.2, -0.15) is 4.31 Å². The van der Waals surface area contributed by atoms with Crippen LogP contribution >= 0.6 is 11.6 Å². The number of amides is 1. The average molecular weight is 439 g/mol. The van der Waals surface area contributed by atoms with Crippen molar-refractivity contribution >= 4 is 27.5 Å². The molecule has 0 bridgehead atoms. The molecule has 158 valence electrons. The number of nitrogens with one attached hydrogen (secondary N) is 2. The lowest BCUT2D eigenvalue weighted by molar-refractivity contribution is -0.124. The van der Waals surface area contributed by atoms with Crippen LogP contribution in [0.3, 0.4) is 0 Å². The molecule has 2 N–H and O–H groups in total. The lowest BCUT2D eigenvalue weighted by Gasteiger charge is -2.28. The van der Waals surface area contributed by atoms with E-state index in [-0.39, 0.29) is 17.3 Å². The summed E-state index contributed by atoms with van der Waals surface area (Å²) in [6, 6.07) is 5.26. The van der Waals surface area contributed by atoms with Crippen molar-refractivity contribution in [2.24, 2.45) is 0 Å². The molecule has 29 heavy (non-hydrogen) atoms. The van der Waals surface area contributed by atoms with E-state index in [0.29, 0.717) is 23.7 Å². The second-order valence-corrected chi connectivity index (χ2v) is 9.59. The van der Waals surface area contributed by atoms with Gasteiger partial charge in [-0.25, -0.2) is 13.4 Å². The molecule has 1 aromatic heterocycles. The van der Waals surface area contributed by atoms with Crippen LogP contribution in [0.1, 0.15) is 50.5 Å². The van der Waals surface area contributed by atoms with Crippen molar-refractivity contribution in [2.75, 3.05) is 6.54 Å². The second-order valence-electron chi connectivity index (χ2n) is 7.27. The molecular formula is C20H27ClN4O3S. The summed E-state index contributed by atoms with van der Waals surface area (Å²) in [4.78, 5) is 20.3. The van der Waals surface area contributed by atoms with Crippen LogP contribution in [0, 0.1) is 0 Å². The molecule has 1 saturated heterocycles. The van der Waals surface area contributed by atoms with Crippen molar-refractivity contribution in [2.45, 2.75) is 62.9 Å². The Hall–Kier alpha value is -1.90. The van der Waals surface area contributed by atoms with Gasteiger partial charge in [-0.1, -0.05) is 24.9 Å². The van der Waals surface area contributed by atoms with E-state index in [1.54, 1.807) is 18.3 Å². The number of aryl methyl sites for hydroxylation is 1. The molecule has 0 saturated carbocycles. The molecule has 1 atom stereocenters. The molecule has 0 radical (unpaired) electrons. The Morgan fingerprint density at radius 3 is 2.72 bits per heavy atom. The van der Waals surface area contributed by atoms with Crippen LogP contribution in [0.15, 0.2) is 35.4 Å². The summed E-state index contributed by atoms with van der Waals surface area (Å²) in [6.45, 7) is 2.73. The zero-order valence-electron chi connectivity index (χ0n) is 16.5. The van der Waals surface area contributed by atoms with Gasteiger partial charge in [-0.15, -0.1) is 0 Å². The average Bonchev–Trinajstić information content (AvgIpc) is 3.04. The minimum atomic E-state index is -3.91. The summed E-state index contributed by atoms with van der Waals surface area (Å²) in [6.07, 6.45) is 6.62. The Kier molecular flexibility index (Phi) is 7.32. The van der Waals surface area contributed by atoms with E-state index in [1.165, 1.54) is 16.4 Å². The van der Waals surface area contributed by atoms with Crippen LogP contribution in [0.4, 0.5) is 0 Å². The maximum atomic E-state index is 13.5. The normalized spacial score (nSPS) is 17.9. The van der Waals surface area contributed by atoms with Gasteiger partial charge in [0.25, 0.3) is 0 Å². The van der Waals surface area contributed by atoms with Gasteiger partial charge in [0.15, 0.2) is 0 Å². The largest absolute Gasteiger partial charge is 0.355 e. The third-order valence-corrected chi connectivity index (χ3v) is 7.17. The van der Waals surface area contributed by atoms with Gasteiger partial charge in [0.2, 0.25) is 15.9 Å². The highest BCUT2D eigenvalue weighted by molar-refractivity contribution is 7.89. The predicted molar refractivity (Wildman–Crippen MR) is 112 cm³/mol. The van der Waals surface area contributed by atoms with Crippen LogP contribution in [0.25, 0.3) is 0 Å². The number of halogens is 1. The molecule has 2 aromatic rings. The lowest BCUT2D eigenvalue weighted by atomic mass is 10.1. The molecule has 3 rings (SSSR count). The van der Waals surface area contributed by atoms with Gasteiger partial charge in [0, 0.05) is 24.2 Å². The highest BCUT2D eigenvalue weighted by atomic mass is 35.5. The molecular weight excluding hydrogens is 412 g/mol. The van der Waals surface area contributed by atoms with E-state index in [0.717, 1.165) is 37.9 Å². The third-order valence-electron chi connectivity index (χ3n) is 5.05. The fraction of sp³-hybridized carbons (Fsp3) is 0.500. The minimum Gasteiger partial charge on any atom is -0.355 e. The molecule has 1 aliphatic rings. The molecule has 0 aliphatic carbocycles. The van der Waals surface area contributed by atoms with Crippen molar-refractivity contribution in [1.29, 1.82) is 0 Å². The molecule has 0 unspecified atom stereocenters. The third kappa shape index (κ3) is 5.38. The highest BCUT2D eigenvalue weighted by Crippen LogP contribution is 2.25. The lowest BCUT2D eigenvalue weighted by Crippen LogP contribution is -2.48. The SMILES string of the molecule is CCCCc1ncc(CN([C@@H]2CCCCNC2=O)S(=O)(=O)c2ccc(Cl)cc2)[nH]1. The molecule has 1 aliphatic heterocycles. The first kappa shape index (κ1) is 21.8. The first-order valence-corrected chi connectivity index (χ1v) is 11.8. The topological polar surface area (TPSA) is 95.2 Å². The van der Waals surface area contributed by atoms with Crippen LogP contribution < -0.4 is 5.32 Å². The van der Waals surface area contributed by atoms with Gasteiger partial charge in [0.05, 0.1) is 17.1 Å². The molecule has 2 heterocycles. The summed E-state index contributed by atoms with van der Waals surface area (Å²) >= 11 is 5.92. The maximum absolute atomic E-state index is 13.5. The van der Waals surface area contributed by atoms with E-state index < -0.39 is 16.1 Å². The van der Waals surface area contributed by atoms with E-state index in [2.05, 4.69) is 22.2 Å². The van der Waals surface area contributed by atoms with Crippen molar-refractivity contribution < 1.29 is 13.2 Å². The van der Waals surface area contributed by atoms with Crippen LogP contribution in [-0.2, 0) is 27.8 Å². The number of nitrogens with zero attached hydrogens (tertiary/aromatic N) is 2. The monoisotopic (exact) mass is 438 g/mol. The van der Waals surface area contributed by atoms with Crippen LogP contribution in [0.2, 0.25) is 5.02 Å². The summed E-state index contributed by atoms with van der Waals surface area (Å²) in [5.41, 5.74) is 0.672. The standard InChI is InChI=1S/C20H27ClN4O3S/c1-2-3-7-19-23-13-16(24-19)14-25(18-6-4-5-12-22-20(18)26)29(27,28)17-10-8-15(21)9-11-17/h8-11,13,18H,2-7,12,14H2,1H3,(H,22,26)(H,23,24)/t18-/m1/s1. The fourth-order valence-electron chi connectivity index (χ4n) is 3.43. The fourth-order valence-corrected chi connectivity index (χ4v) is 5.15. The number of carbonyl (C=O) groups excluding carboxylic acids is 1. The zero-order chi connectivity index (χ0) is 20.9. The number of imidazole rings is 1. The van der Waals surface area contributed by atoms with E-state index >= 15 is 0 Å². The van der Waals surface area contributed by atoms with Gasteiger partial charge in [-0.3, -0.25) is 4.79 Å². The number of rotatable bonds is 8. The zero-order valence-corrected chi connectivity index (χ0v) is 18.1. The van der Waals surface area contributed by atoms with Crippen LogP contribution in [-0.4, -0.2) is 41.2 Å². The number of hydrogen-bond donors (Lipinski definition) is 2. The molecule has 1 fully saturated rings. The Balaban J connectivity index is 1.93. The Morgan fingerprint density at radius 1 is 1.24 bits per heavy atom. The van der Waals surface area contributed by atoms with Gasteiger partial charge < -0.3 is 10.3 Å². The van der Waals surface area contributed by atoms with Crippen molar-refractivity contribution in [3.63, 3.8) is 0 Å². The van der Waals surface area contributed by atoms with Gasteiger partial charge in [0.1, 0.15) is 11.9 Å². The highest BCUT2D eigenvalue weighted by Gasteiger charge is 2.36. The van der Waals surface area contributed by atoms with Gasteiger partial charge in [-0.05, 0) is 49.9 Å². The van der Waals surface area contributed by atoms with Crippen molar-refractivity contribution in [1.82, 2.24) is 19.6 Å². The molecule has 9 heteroatoms. The number of hydrogen-bond acceptors (Lipinski definition) is 4. The van der Waals surface area contributed by atoms with Crippen LogP contribution in [0.5, 0.6) is 0 Å². The number of unbranched alkanes of at least 4 members (excludes halogenated alkanes) is 1. The smallest absolute Gasteiger partial charge is 0.244 e. The van der Waals surface area contributed by atoms with Crippen molar-refractivity contribution in [3.05, 3.63) is 47.0 Å². The number of benzene rings is 1. The van der Waals surface area contributed by atoms with E-state index in [4.69, 9.17) is 11.6 Å². The van der Waals surface area contributed by atoms with E-state index in [9.17, 15) is 13.2 Å². The molecule has 1 aromatic carbocycles. The first-order valence-electron chi connectivity index (χ1n) is 9.99. The summed E-state index contributed by atoms with van der Waals surface area (Å²) in [7, 11) is -3.91. The summed E-state index contributed by atoms with van der Waals surface area (Å²) < 4.78 is 28.2. The van der Waals surface area contributed by atoms with Crippen molar-refractivity contribution in [3.8, 4) is 0 Å². The van der Waals surface area contributed by atoms with Gasteiger partial charge >= 0.3 is 0 Å². The molecule has 0 spiro atoms. The summed E-state index contributed by atoms with van der Waals surface area (Å²) in [5, 5.41) is 3.29. The van der Waals surface area contributed by atoms with E-state index in [1.807, 2.05) is 0 Å². The first-order chi connectivity index (χ1) is 13.9. The quantitative estimate of drug-likeness (QED) is 0.661. The number of aromatic nitrogens is 2. The number of aromatic amines is 1. The minimum absolute atomic E-state index is 0.0577. The maximum Gasteiger partial charge on any atom is 0.244 e. The summed E-state index contributed by atoms with van der Waals surface area (Å²) in [5.74, 6) is 0.571. The Morgan fingerprint density at radius 2 is 2.00 bits per heavy atom. The molecule has 1 amide bonds. The number of H-pyrrole nitrogens is 1. The number of carbonyl (C=O) groups is 1. The second kappa shape index (κ2) is 9.73. The Labute approximate surface area is 176 Å². The number of sulfonamides is 1. The Bertz CT molecular complexity index is 927.